The van der Waals surface area contributed by atoms with Crippen LogP contribution in [0.2, 0.25) is 0 Å². The molecule has 3 rings (SSSR count). The second-order valence-corrected chi connectivity index (χ2v) is 7.26. The molecule has 0 bridgehead atoms. The first-order valence-electron chi connectivity index (χ1n) is 8.54. The van der Waals surface area contributed by atoms with Gasteiger partial charge >= 0.3 is 0 Å². The fourth-order valence-electron chi connectivity index (χ4n) is 2.80. The Hall–Kier alpha value is -2.02. The van der Waals surface area contributed by atoms with Gasteiger partial charge in [0, 0.05) is 20.1 Å². The molecule has 0 atom stereocenters. The molecule has 0 N–H and O–H groups in total. The minimum absolute atomic E-state index is 0.179. The number of nitrogens with zero attached hydrogens (tertiary/aromatic N) is 4. The van der Waals surface area contributed by atoms with Crippen molar-refractivity contribution in [3.63, 3.8) is 0 Å². The molecule has 2 aromatic rings. The Morgan fingerprint density at radius 2 is 2.00 bits per heavy atom. The molecule has 1 aliphatic rings. The fourth-order valence-corrected chi connectivity index (χ4v) is 3.64. The summed E-state index contributed by atoms with van der Waals surface area (Å²) in [5.41, 5.74) is 2.34. The molecule has 0 radical (unpaired) electrons. The van der Waals surface area contributed by atoms with E-state index in [-0.39, 0.29) is 5.91 Å². The van der Waals surface area contributed by atoms with Gasteiger partial charge in [-0.15, -0.1) is 10.2 Å². The van der Waals surface area contributed by atoms with Gasteiger partial charge in [-0.1, -0.05) is 23.9 Å². The number of rotatable bonds is 6. The minimum Gasteiger partial charge on any atom is -0.485 e. The summed E-state index contributed by atoms with van der Waals surface area (Å²) in [5.74, 6) is 2.20. The highest BCUT2D eigenvalue weighted by Crippen LogP contribution is 2.22. The Balaban J connectivity index is 1.57. The molecule has 2 heterocycles. The van der Waals surface area contributed by atoms with E-state index in [1.165, 1.54) is 17.3 Å². The first-order chi connectivity index (χ1) is 12.1. The fraction of sp³-hybridized carbons (Fsp3) is 0.500. The summed E-state index contributed by atoms with van der Waals surface area (Å²) in [4.78, 5) is 14.1. The lowest BCUT2D eigenvalue weighted by molar-refractivity contribution is -0.127. The summed E-state index contributed by atoms with van der Waals surface area (Å²) in [6, 6.07) is 6.01. The van der Waals surface area contributed by atoms with Crippen LogP contribution in [-0.2, 0) is 18.4 Å². The number of benzene rings is 1. The van der Waals surface area contributed by atoms with Gasteiger partial charge in [0.25, 0.3) is 0 Å². The molecular formula is C18H24N4O2S. The van der Waals surface area contributed by atoms with E-state index in [4.69, 9.17) is 4.74 Å². The summed E-state index contributed by atoms with van der Waals surface area (Å²) in [5, 5.41) is 9.14. The molecule has 0 spiro atoms. The van der Waals surface area contributed by atoms with E-state index in [9.17, 15) is 4.79 Å². The van der Waals surface area contributed by atoms with Crippen LogP contribution >= 0.6 is 11.8 Å². The van der Waals surface area contributed by atoms with E-state index in [0.29, 0.717) is 12.4 Å². The van der Waals surface area contributed by atoms with Crippen LogP contribution in [0.3, 0.4) is 0 Å². The molecular weight excluding hydrogens is 336 g/mol. The highest BCUT2D eigenvalue weighted by Gasteiger charge is 2.19. The number of carbonyl (C=O) groups excluding carboxylic acids is 1. The van der Waals surface area contributed by atoms with Gasteiger partial charge in [0.1, 0.15) is 12.4 Å². The number of aryl methyl sites for hydroxylation is 1. The van der Waals surface area contributed by atoms with E-state index in [1.54, 1.807) is 0 Å². The quantitative estimate of drug-likeness (QED) is 0.741. The van der Waals surface area contributed by atoms with Crippen molar-refractivity contribution in [2.45, 2.75) is 38.5 Å². The topological polar surface area (TPSA) is 60.3 Å². The van der Waals surface area contributed by atoms with E-state index in [1.807, 2.05) is 35.6 Å². The number of hydrogen-bond donors (Lipinski definition) is 0. The zero-order valence-corrected chi connectivity index (χ0v) is 15.8. The van der Waals surface area contributed by atoms with Crippen LogP contribution in [0.1, 0.15) is 29.8 Å². The maximum atomic E-state index is 12.1. The number of ether oxygens (including phenoxy) is 1. The summed E-state index contributed by atoms with van der Waals surface area (Å²) in [6.45, 7) is 6.23. The third-order valence-electron chi connectivity index (χ3n) is 4.62. The molecule has 1 aromatic heterocycles. The Morgan fingerprint density at radius 3 is 2.76 bits per heavy atom. The number of likely N-dealkylation sites (tertiary alicyclic amines) is 1. The Kier molecular flexibility index (Phi) is 5.63. The first-order valence-corrected chi connectivity index (χ1v) is 9.52. The van der Waals surface area contributed by atoms with Gasteiger partial charge in [0.05, 0.1) is 5.75 Å². The standard InChI is InChI=1S/C18H24N4O2S/c1-13-7-6-8-15(14(13)2)24-11-16-19-20-18(21(16)3)25-12-17(23)22-9-4-5-10-22/h6-8H,4-5,9-12H2,1-3H3. The van der Waals surface area contributed by atoms with E-state index in [0.717, 1.165) is 48.2 Å². The minimum atomic E-state index is 0.179. The van der Waals surface area contributed by atoms with Crippen LogP contribution in [0.25, 0.3) is 0 Å². The molecule has 1 amide bonds. The lowest BCUT2D eigenvalue weighted by Gasteiger charge is -2.14. The second kappa shape index (κ2) is 7.91. The van der Waals surface area contributed by atoms with Crippen LogP contribution in [0.15, 0.2) is 23.4 Å². The predicted molar refractivity (Wildman–Crippen MR) is 97.8 cm³/mol. The van der Waals surface area contributed by atoms with E-state index in [2.05, 4.69) is 23.2 Å². The monoisotopic (exact) mass is 360 g/mol. The first kappa shape index (κ1) is 17.8. The van der Waals surface area contributed by atoms with Gasteiger partial charge in [-0.05, 0) is 43.9 Å². The van der Waals surface area contributed by atoms with Crippen LogP contribution in [-0.4, -0.2) is 44.4 Å². The summed E-state index contributed by atoms with van der Waals surface area (Å²) in [6.07, 6.45) is 2.22. The number of hydrogen-bond acceptors (Lipinski definition) is 5. The zero-order chi connectivity index (χ0) is 17.8. The van der Waals surface area contributed by atoms with Gasteiger partial charge in [0.15, 0.2) is 11.0 Å². The molecule has 0 aliphatic carbocycles. The van der Waals surface area contributed by atoms with Crippen LogP contribution in [0.5, 0.6) is 5.75 Å². The smallest absolute Gasteiger partial charge is 0.233 e. The third-order valence-corrected chi connectivity index (χ3v) is 5.63. The predicted octanol–water partition coefficient (Wildman–Crippen LogP) is 2.73. The summed E-state index contributed by atoms with van der Waals surface area (Å²) in [7, 11) is 1.91. The molecule has 25 heavy (non-hydrogen) atoms. The van der Waals surface area contributed by atoms with Crippen LogP contribution < -0.4 is 4.74 Å². The van der Waals surface area contributed by atoms with Gasteiger partial charge in [-0.2, -0.15) is 0 Å². The van der Waals surface area contributed by atoms with Gasteiger partial charge in [-0.3, -0.25) is 4.79 Å². The summed E-state index contributed by atoms with van der Waals surface area (Å²) < 4.78 is 7.79. The van der Waals surface area contributed by atoms with Gasteiger partial charge in [-0.25, -0.2) is 0 Å². The van der Waals surface area contributed by atoms with Crippen molar-refractivity contribution in [1.82, 2.24) is 19.7 Å². The number of aromatic nitrogens is 3. The average molecular weight is 360 g/mol. The Morgan fingerprint density at radius 1 is 1.24 bits per heavy atom. The number of amides is 1. The molecule has 1 aromatic carbocycles. The van der Waals surface area contributed by atoms with Crippen LogP contribution in [0, 0.1) is 13.8 Å². The largest absolute Gasteiger partial charge is 0.485 e. The van der Waals surface area contributed by atoms with Gasteiger partial charge in [0.2, 0.25) is 5.91 Å². The van der Waals surface area contributed by atoms with Crippen molar-refractivity contribution in [3.05, 3.63) is 35.2 Å². The third kappa shape index (κ3) is 4.15. The van der Waals surface area contributed by atoms with Crippen molar-refractivity contribution in [3.8, 4) is 5.75 Å². The van der Waals surface area contributed by atoms with E-state index < -0.39 is 0 Å². The van der Waals surface area contributed by atoms with Crippen LogP contribution in [0.4, 0.5) is 0 Å². The summed E-state index contributed by atoms with van der Waals surface area (Å²) >= 11 is 1.43. The van der Waals surface area contributed by atoms with Crippen molar-refractivity contribution in [1.29, 1.82) is 0 Å². The molecule has 1 saturated heterocycles. The molecule has 1 fully saturated rings. The van der Waals surface area contributed by atoms with Crippen molar-refractivity contribution in [2.75, 3.05) is 18.8 Å². The highest BCUT2D eigenvalue weighted by molar-refractivity contribution is 7.99. The molecule has 6 nitrogen and oxygen atoms in total. The molecule has 7 heteroatoms. The van der Waals surface area contributed by atoms with Crippen molar-refractivity contribution in [2.24, 2.45) is 7.05 Å². The molecule has 0 saturated carbocycles. The normalized spacial score (nSPS) is 14.1. The molecule has 134 valence electrons. The zero-order valence-electron chi connectivity index (χ0n) is 15.0. The molecule has 1 aliphatic heterocycles. The SMILES string of the molecule is Cc1cccc(OCc2nnc(SCC(=O)N3CCCC3)n2C)c1C. The number of thioether (sulfide) groups is 1. The molecule has 0 unspecified atom stereocenters. The maximum Gasteiger partial charge on any atom is 0.233 e. The lowest BCUT2D eigenvalue weighted by Crippen LogP contribution is -2.29. The van der Waals surface area contributed by atoms with E-state index >= 15 is 0 Å². The average Bonchev–Trinajstić information content (AvgIpc) is 3.25. The number of carbonyl (C=O) groups is 1. The second-order valence-electron chi connectivity index (χ2n) is 6.32. The van der Waals surface area contributed by atoms with Gasteiger partial charge < -0.3 is 14.2 Å². The van der Waals surface area contributed by atoms with Crippen molar-refractivity contribution >= 4 is 17.7 Å². The maximum absolute atomic E-state index is 12.1. The van der Waals surface area contributed by atoms with Crippen molar-refractivity contribution < 1.29 is 9.53 Å². The Labute approximate surface area is 152 Å². The Bertz CT molecular complexity index is 754. The highest BCUT2D eigenvalue weighted by atomic mass is 32.2. The lowest BCUT2D eigenvalue weighted by atomic mass is 10.1.